The van der Waals surface area contributed by atoms with Crippen LogP contribution in [0.15, 0.2) is 36.4 Å². The van der Waals surface area contributed by atoms with Gasteiger partial charge in [-0.1, -0.05) is 0 Å². The number of methoxy groups -OCH3 is 4. The summed E-state index contributed by atoms with van der Waals surface area (Å²) in [5, 5.41) is 15.2. The lowest BCUT2D eigenvalue weighted by Crippen LogP contribution is -2.36. The molecule has 0 saturated carbocycles. The molecule has 3 N–H and O–H groups in total. The molecule has 0 radical (unpaired) electrons. The lowest BCUT2D eigenvalue weighted by Gasteiger charge is -2.18. The summed E-state index contributed by atoms with van der Waals surface area (Å²) in [7, 11) is 5.99. The molecule has 0 bridgehead atoms. The Morgan fingerprint density at radius 1 is 0.875 bits per heavy atom. The maximum Gasteiger partial charge on any atom is 0.255 e. The molecule has 2 aromatic rings. The highest BCUT2D eigenvalue weighted by Crippen LogP contribution is 2.35. The zero-order chi connectivity index (χ0) is 23.9. The number of ether oxygens (including phenoxy) is 4. The van der Waals surface area contributed by atoms with Crippen LogP contribution in [0.2, 0.25) is 0 Å². The first-order chi connectivity index (χ1) is 15.1. The Morgan fingerprint density at radius 2 is 1.47 bits per heavy atom. The lowest BCUT2D eigenvalue weighted by molar-refractivity contribution is -0.130. The molecule has 0 aliphatic heterocycles. The highest BCUT2D eigenvalue weighted by molar-refractivity contribution is 6.03. The van der Waals surface area contributed by atoms with Crippen molar-refractivity contribution in [2.45, 2.75) is 19.4 Å². The van der Waals surface area contributed by atoms with Crippen molar-refractivity contribution in [3.8, 4) is 23.0 Å². The van der Waals surface area contributed by atoms with Crippen molar-refractivity contribution in [3.63, 3.8) is 0 Å². The molecule has 0 aliphatic rings. The van der Waals surface area contributed by atoms with E-state index in [2.05, 4.69) is 10.6 Å². The van der Waals surface area contributed by atoms with Gasteiger partial charge >= 0.3 is 0 Å². The fraction of sp³-hybridized carbons (Fsp3) is 0.304. The average molecular weight is 444 g/mol. The second kappa shape index (κ2) is 10.5. The maximum absolute atomic E-state index is 12.5. The number of aliphatic hydroxyl groups is 1. The minimum absolute atomic E-state index is 0.305. The highest BCUT2D eigenvalue weighted by atomic mass is 16.5. The third-order valence-electron chi connectivity index (χ3n) is 4.43. The third kappa shape index (κ3) is 6.14. The van der Waals surface area contributed by atoms with Crippen molar-refractivity contribution in [2.75, 3.05) is 39.1 Å². The summed E-state index contributed by atoms with van der Waals surface area (Å²) in [6.45, 7) is 2.74. The van der Waals surface area contributed by atoms with Crippen molar-refractivity contribution in [3.05, 3.63) is 42.0 Å². The zero-order valence-corrected chi connectivity index (χ0v) is 18.9. The van der Waals surface area contributed by atoms with Gasteiger partial charge in [0, 0.05) is 23.9 Å². The normalized spacial score (nSPS) is 11.1. The number of carbonyl (C=O) groups is 2. The second-order valence-corrected chi connectivity index (χ2v) is 7.20. The van der Waals surface area contributed by atoms with E-state index in [-0.39, 0.29) is 0 Å². The van der Waals surface area contributed by atoms with E-state index in [0.717, 1.165) is 0 Å². The molecule has 2 rings (SSSR count). The maximum atomic E-state index is 12.5. The van der Waals surface area contributed by atoms with Gasteiger partial charge in [-0.15, -0.1) is 0 Å². The Labute approximate surface area is 186 Å². The molecule has 0 saturated heterocycles. The van der Waals surface area contributed by atoms with E-state index in [1.165, 1.54) is 54.4 Å². The third-order valence-corrected chi connectivity index (χ3v) is 4.43. The SMILES string of the molecule is COc1cc(OC)c(/C=C/C(=O)Nc2ccc(OC)c(NC(=O)C(C)(C)O)c2)c(OC)c1. The first kappa shape index (κ1) is 24.5. The summed E-state index contributed by atoms with van der Waals surface area (Å²) in [4.78, 5) is 24.6. The van der Waals surface area contributed by atoms with Crippen molar-refractivity contribution in [1.29, 1.82) is 0 Å². The van der Waals surface area contributed by atoms with Gasteiger partial charge in [-0.05, 0) is 38.1 Å². The van der Waals surface area contributed by atoms with Crippen LogP contribution in [0.1, 0.15) is 19.4 Å². The molecule has 0 atom stereocenters. The van der Waals surface area contributed by atoms with Crippen LogP contribution in [0.5, 0.6) is 23.0 Å². The van der Waals surface area contributed by atoms with Crippen LogP contribution in [0.25, 0.3) is 6.08 Å². The highest BCUT2D eigenvalue weighted by Gasteiger charge is 2.24. The number of benzene rings is 2. The minimum atomic E-state index is -1.58. The van der Waals surface area contributed by atoms with Crippen molar-refractivity contribution in [1.82, 2.24) is 0 Å². The zero-order valence-electron chi connectivity index (χ0n) is 18.9. The fourth-order valence-electron chi connectivity index (χ4n) is 2.70. The Hall–Kier alpha value is -3.72. The van der Waals surface area contributed by atoms with E-state index in [9.17, 15) is 14.7 Å². The van der Waals surface area contributed by atoms with Gasteiger partial charge in [0.2, 0.25) is 5.91 Å². The van der Waals surface area contributed by atoms with Crippen LogP contribution in [-0.4, -0.2) is 51.0 Å². The van der Waals surface area contributed by atoms with Crippen LogP contribution in [0.4, 0.5) is 11.4 Å². The molecule has 172 valence electrons. The van der Waals surface area contributed by atoms with Crippen LogP contribution in [0, 0.1) is 0 Å². The Bertz CT molecular complexity index is 985. The molecular weight excluding hydrogens is 416 g/mol. The largest absolute Gasteiger partial charge is 0.496 e. The van der Waals surface area contributed by atoms with Crippen LogP contribution < -0.4 is 29.6 Å². The molecule has 0 fully saturated rings. The van der Waals surface area contributed by atoms with Crippen molar-refractivity contribution in [2.24, 2.45) is 0 Å². The molecule has 9 nitrogen and oxygen atoms in total. The first-order valence-electron chi connectivity index (χ1n) is 9.63. The van der Waals surface area contributed by atoms with E-state index in [0.29, 0.717) is 39.9 Å². The van der Waals surface area contributed by atoms with E-state index in [1.807, 2.05) is 0 Å². The van der Waals surface area contributed by atoms with Gasteiger partial charge in [-0.3, -0.25) is 9.59 Å². The molecule has 32 heavy (non-hydrogen) atoms. The summed E-state index contributed by atoms with van der Waals surface area (Å²) in [5.41, 5.74) is -0.289. The predicted molar refractivity (Wildman–Crippen MR) is 122 cm³/mol. The average Bonchev–Trinajstić information content (AvgIpc) is 2.76. The van der Waals surface area contributed by atoms with Crippen LogP contribution in [-0.2, 0) is 9.59 Å². The van der Waals surface area contributed by atoms with Gasteiger partial charge in [0.25, 0.3) is 5.91 Å². The Balaban J connectivity index is 2.24. The quantitative estimate of drug-likeness (QED) is 0.509. The fourth-order valence-corrected chi connectivity index (χ4v) is 2.70. The molecule has 9 heteroatoms. The number of anilines is 2. The Kier molecular flexibility index (Phi) is 8.09. The second-order valence-electron chi connectivity index (χ2n) is 7.20. The van der Waals surface area contributed by atoms with E-state index in [1.54, 1.807) is 30.3 Å². The summed E-state index contributed by atoms with van der Waals surface area (Å²) in [5.74, 6) is 0.855. The summed E-state index contributed by atoms with van der Waals surface area (Å²) in [6.07, 6.45) is 2.89. The topological polar surface area (TPSA) is 115 Å². The van der Waals surface area contributed by atoms with Crippen molar-refractivity contribution >= 4 is 29.3 Å². The standard InChI is InChI=1S/C23H28N2O7/c1-23(2,28)22(27)25-17-11-14(7-9-18(17)30-4)24-21(26)10-8-16-19(31-5)12-15(29-3)13-20(16)32-6/h7-13,28H,1-6H3,(H,24,26)(H,25,27)/b10-8+. The smallest absolute Gasteiger partial charge is 0.255 e. The van der Waals surface area contributed by atoms with Gasteiger partial charge < -0.3 is 34.7 Å². The Morgan fingerprint density at radius 3 is 1.97 bits per heavy atom. The van der Waals surface area contributed by atoms with Gasteiger partial charge in [0.15, 0.2) is 0 Å². The van der Waals surface area contributed by atoms with Gasteiger partial charge in [-0.25, -0.2) is 0 Å². The summed E-state index contributed by atoms with van der Waals surface area (Å²) >= 11 is 0. The molecule has 0 aliphatic carbocycles. The lowest BCUT2D eigenvalue weighted by atomic mass is 10.1. The number of rotatable bonds is 9. The van der Waals surface area contributed by atoms with Gasteiger partial charge in [-0.2, -0.15) is 0 Å². The number of amides is 2. The molecular formula is C23H28N2O7. The minimum Gasteiger partial charge on any atom is -0.496 e. The molecule has 0 heterocycles. The molecule has 0 aromatic heterocycles. The summed E-state index contributed by atoms with van der Waals surface area (Å²) < 4.78 is 21.2. The summed E-state index contributed by atoms with van der Waals surface area (Å²) in [6, 6.07) is 8.11. The van der Waals surface area contributed by atoms with Gasteiger partial charge in [0.05, 0.1) is 39.7 Å². The molecule has 2 amide bonds. The van der Waals surface area contributed by atoms with Crippen molar-refractivity contribution < 1.29 is 33.6 Å². The molecule has 0 spiro atoms. The number of carbonyl (C=O) groups excluding carboxylic acids is 2. The molecule has 2 aromatic carbocycles. The van der Waals surface area contributed by atoms with E-state index < -0.39 is 17.4 Å². The monoisotopic (exact) mass is 444 g/mol. The number of nitrogens with one attached hydrogen (secondary N) is 2. The number of hydrogen-bond acceptors (Lipinski definition) is 7. The van der Waals surface area contributed by atoms with E-state index in [4.69, 9.17) is 18.9 Å². The van der Waals surface area contributed by atoms with Crippen LogP contribution >= 0.6 is 0 Å². The predicted octanol–water partition coefficient (Wildman–Crippen LogP) is 3.08. The first-order valence-corrected chi connectivity index (χ1v) is 9.63. The van der Waals surface area contributed by atoms with E-state index >= 15 is 0 Å². The molecule has 0 unspecified atom stereocenters. The van der Waals surface area contributed by atoms with Gasteiger partial charge in [0.1, 0.15) is 28.6 Å². The van der Waals surface area contributed by atoms with Crippen LogP contribution in [0.3, 0.4) is 0 Å². The number of hydrogen-bond donors (Lipinski definition) is 3.